The summed E-state index contributed by atoms with van der Waals surface area (Å²) in [5, 5.41) is 0. The number of halogens is 4. The summed E-state index contributed by atoms with van der Waals surface area (Å²) in [4.78, 5) is 0. The van der Waals surface area contributed by atoms with E-state index in [9.17, 15) is 17.6 Å². The molecule has 1 nitrogen and oxygen atoms in total. The summed E-state index contributed by atoms with van der Waals surface area (Å²) in [5.74, 6) is -0.372. The molecule has 3 rings (SSSR count). The summed E-state index contributed by atoms with van der Waals surface area (Å²) in [6, 6.07) is 6.84. The van der Waals surface area contributed by atoms with Crippen LogP contribution in [0.5, 0.6) is 5.75 Å². The van der Waals surface area contributed by atoms with Crippen molar-refractivity contribution in [3.05, 3.63) is 29.3 Å². The van der Waals surface area contributed by atoms with Gasteiger partial charge in [-0.3, -0.25) is 0 Å². The molecule has 0 radical (unpaired) electrons. The van der Waals surface area contributed by atoms with Crippen LogP contribution in [0.15, 0.2) is 12.1 Å². The maximum Gasteiger partial charge on any atom is 0.387 e. The zero-order chi connectivity index (χ0) is 21.5. The molecule has 1 aliphatic heterocycles. The number of hydrogen-bond acceptors (Lipinski definition) is 1. The fourth-order valence-electron chi connectivity index (χ4n) is 5.74. The predicted molar refractivity (Wildman–Crippen MR) is 116 cm³/mol. The van der Waals surface area contributed by atoms with Gasteiger partial charge in [0.05, 0.1) is 0 Å². The molecule has 1 saturated heterocycles. The summed E-state index contributed by atoms with van der Waals surface area (Å²) in [6.07, 6.45) is 12.1. The molecule has 30 heavy (non-hydrogen) atoms. The zero-order valence-electron chi connectivity index (χ0n) is 18.2. The Bertz CT molecular complexity index is 630. The number of hydrogen-bond donors (Lipinski definition) is 0. The van der Waals surface area contributed by atoms with Crippen LogP contribution < -0.4 is 4.74 Å². The van der Waals surface area contributed by atoms with E-state index >= 15 is 0 Å². The zero-order valence-corrected chi connectivity index (χ0v) is 19.3. The van der Waals surface area contributed by atoms with Crippen molar-refractivity contribution in [3.63, 3.8) is 0 Å². The molecule has 2 fully saturated rings. The van der Waals surface area contributed by atoms with Crippen LogP contribution in [0.25, 0.3) is 0 Å². The summed E-state index contributed by atoms with van der Waals surface area (Å²) < 4.78 is 56.0. The lowest BCUT2D eigenvalue weighted by atomic mass is 9.73. The van der Waals surface area contributed by atoms with Crippen LogP contribution in [0, 0.1) is 29.4 Å². The number of ether oxygens (including phenoxy) is 1. The van der Waals surface area contributed by atoms with Gasteiger partial charge in [-0.05, 0) is 61.1 Å². The second kappa shape index (κ2) is 11.5. The summed E-state index contributed by atoms with van der Waals surface area (Å²) in [7, 11) is -0.359. The number of rotatable bonds is 9. The Morgan fingerprint density at radius 3 is 2.10 bits per heavy atom. The molecule has 1 saturated carbocycles. The summed E-state index contributed by atoms with van der Waals surface area (Å²) in [6.45, 7) is -0.852. The molecule has 1 heterocycles. The molecule has 2 aliphatic rings. The van der Waals surface area contributed by atoms with Crippen molar-refractivity contribution in [2.45, 2.75) is 95.9 Å². The highest BCUT2D eigenvalue weighted by molar-refractivity contribution is 6.58. The molecule has 0 aromatic heterocycles. The monoisotopic (exact) mass is 444 g/mol. The third-order valence-corrected chi connectivity index (χ3v) is 11.1. The van der Waals surface area contributed by atoms with Gasteiger partial charge < -0.3 is 4.74 Å². The Kier molecular flexibility index (Phi) is 9.08. The Hall–Kier alpha value is -1.04. The van der Waals surface area contributed by atoms with E-state index in [1.54, 1.807) is 12.1 Å². The van der Waals surface area contributed by atoms with E-state index in [0.717, 1.165) is 42.7 Å². The molecular weight excluding hydrogens is 408 g/mol. The first-order valence-corrected chi connectivity index (χ1v) is 14.3. The van der Waals surface area contributed by atoms with Gasteiger partial charge in [0.1, 0.15) is 0 Å². The van der Waals surface area contributed by atoms with Crippen LogP contribution in [-0.4, -0.2) is 15.4 Å². The summed E-state index contributed by atoms with van der Waals surface area (Å²) >= 11 is 0. The van der Waals surface area contributed by atoms with Crippen molar-refractivity contribution >= 4 is 8.80 Å². The van der Waals surface area contributed by atoms with Crippen molar-refractivity contribution < 1.29 is 22.3 Å². The van der Waals surface area contributed by atoms with Crippen LogP contribution in [0.1, 0.15) is 70.3 Å². The Balaban J connectivity index is 1.34. The Morgan fingerprint density at radius 1 is 0.933 bits per heavy atom. The number of alkyl halides is 2. The van der Waals surface area contributed by atoms with E-state index in [2.05, 4.69) is 11.7 Å². The SMILES string of the molecule is CC[Si@H]1CC[C@H]([C@H]2CC[C@H](CCCCc3cc(F)c(OC(F)F)c(F)c3)CC2)CC1. The molecule has 0 amide bonds. The second-order valence-electron chi connectivity index (χ2n) is 9.48. The van der Waals surface area contributed by atoms with E-state index in [4.69, 9.17) is 0 Å². The third kappa shape index (κ3) is 6.73. The molecule has 0 bridgehead atoms. The highest BCUT2D eigenvalue weighted by atomic mass is 28.3. The lowest BCUT2D eigenvalue weighted by molar-refractivity contribution is -0.0546. The normalized spacial score (nSPS) is 27.4. The largest absolute Gasteiger partial charge is 0.429 e. The van der Waals surface area contributed by atoms with Gasteiger partial charge in [0, 0.05) is 8.80 Å². The molecule has 1 aromatic rings. The molecular formula is C24H36F4OSi. The van der Waals surface area contributed by atoms with Crippen LogP contribution in [0.3, 0.4) is 0 Å². The van der Waals surface area contributed by atoms with Gasteiger partial charge in [-0.2, -0.15) is 8.78 Å². The molecule has 0 atom stereocenters. The third-order valence-electron chi connectivity index (χ3n) is 7.62. The summed E-state index contributed by atoms with van der Waals surface area (Å²) in [5.41, 5.74) is 0.501. The molecule has 0 spiro atoms. The van der Waals surface area contributed by atoms with E-state index in [1.165, 1.54) is 51.0 Å². The van der Waals surface area contributed by atoms with Crippen LogP contribution in [-0.2, 0) is 6.42 Å². The van der Waals surface area contributed by atoms with Crippen molar-refractivity contribution in [3.8, 4) is 5.75 Å². The maximum absolute atomic E-state index is 13.8. The van der Waals surface area contributed by atoms with Crippen molar-refractivity contribution in [1.29, 1.82) is 0 Å². The Morgan fingerprint density at radius 2 is 1.53 bits per heavy atom. The highest BCUT2D eigenvalue weighted by Crippen LogP contribution is 2.41. The lowest BCUT2D eigenvalue weighted by Gasteiger charge is -2.37. The van der Waals surface area contributed by atoms with Crippen molar-refractivity contribution in [2.75, 3.05) is 0 Å². The van der Waals surface area contributed by atoms with Gasteiger partial charge in [0.2, 0.25) is 0 Å². The predicted octanol–water partition coefficient (Wildman–Crippen LogP) is 7.74. The molecule has 0 unspecified atom stereocenters. The van der Waals surface area contributed by atoms with Crippen LogP contribution in [0.2, 0.25) is 18.1 Å². The standard InChI is InChI=1S/C24H36F4OSi/c1-2-30-13-11-20(12-14-30)19-9-7-17(8-10-19)5-3-4-6-18-15-21(25)23(22(26)16-18)29-24(27)28/h15-17,19-20,24,30H,2-14H2,1H3/t17-,19-,20-,30-. The van der Waals surface area contributed by atoms with Crippen LogP contribution >= 0.6 is 0 Å². The minimum atomic E-state index is -3.23. The number of aryl methyl sites for hydroxylation is 1. The molecule has 170 valence electrons. The van der Waals surface area contributed by atoms with Crippen LogP contribution in [0.4, 0.5) is 17.6 Å². The van der Waals surface area contributed by atoms with Gasteiger partial charge in [-0.25, -0.2) is 8.78 Å². The first-order chi connectivity index (χ1) is 14.5. The average Bonchev–Trinajstić information content (AvgIpc) is 2.74. The molecule has 1 aliphatic carbocycles. The average molecular weight is 445 g/mol. The molecule has 6 heteroatoms. The van der Waals surface area contributed by atoms with E-state index < -0.39 is 24.0 Å². The van der Waals surface area contributed by atoms with Gasteiger partial charge in [0.25, 0.3) is 0 Å². The fraction of sp³-hybridized carbons (Fsp3) is 0.750. The number of unbranched alkanes of at least 4 members (excludes halogenated alkanes) is 1. The van der Waals surface area contributed by atoms with E-state index in [0.29, 0.717) is 12.0 Å². The minimum absolute atomic E-state index is 0.359. The smallest absolute Gasteiger partial charge is 0.387 e. The van der Waals surface area contributed by atoms with E-state index in [1.807, 2.05) is 0 Å². The fourth-order valence-corrected chi connectivity index (χ4v) is 8.64. The Labute approximate surface area is 180 Å². The molecule has 0 N–H and O–H groups in total. The molecule has 1 aromatic carbocycles. The van der Waals surface area contributed by atoms with Gasteiger partial charge >= 0.3 is 6.61 Å². The van der Waals surface area contributed by atoms with Crippen molar-refractivity contribution in [2.24, 2.45) is 17.8 Å². The van der Waals surface area contributed by atoms with Gasteiger partial charge in [-0.1, -0.05) is 63.6 Å². The topological polar surface area (TPSA) is 9.23 Å². The first kappa shape index (κ1) is 23.6. The van der Waals surface area contributed by atoms with Crippen molar-refractivity contribution in [1.82, 2.24) is 0 Å². The first-order valence-electron chi connectivity index (χ1n) is 11.9. The lowest BCUT2D eigenvalue weighted by Crippen LogP contribution is -2.28. The number of benzene rings is 1. The highest BCUT2D eigenvalue weighted by Gasteiger charge is 2.30. The maximum atomic E-state index is 13.8. The quantitative estimate of drug-likeness (QED) is 0.215. The van der Waals surface area contributed by atoms with E-state index in [-0.39, 0.29) is 8.80 Å². The second-order valence-corrected chi connectivity index (χ2v) is 13.2. The minimum Gasteiger partial charge on any atom is -0.429 e. The van der Waals surface area contributed by atoms with Gasteiger partial charge in [0.15, 0.2) is 17.4 Å². The van der Waals surface area contributed by atoms with Gasteiger partial charge in [-0.15, -0.1) is 0 Å².